The van der Waals surface area contributed by atoms with E-state index in [1.807, 2.05) is 0 Å². The van der Waals surface area contributed by atoms with E-state index in [0.29, 0.717) is 28.9 Å². The summed E-state index contributed by atoms with van der Waals surface area (Å²) in [7, 11) is 0. The van der Waals surface area contributed by atoms with Crippen molar-refractivity contribution in [1.29, 1.82) is 0 Å². The summed E-state index contributed by atoms with van der Waals surface area (Å²) in [6, 6.07) is 5.27. The maximum Gasteiger partial charge on any atom is 0.280 e. The molecule has 4 rings (SSSR count). The maximum atomic E-state index is 6.31. The lowest BCUT2D eigenvalue weighted by atomic mass is 9.99. The van der Waals surface area contributed by atoms with Gasteiger partial charge in [0.2, 0.25) is 5.76 Å². The lowest BCUT2D eigenvalue weighted by Gasteiger charge is -2.17. The zero-order chi connectivity index (χ0) is 14.3. The monoisotopic (exact) mass is 286 g/mol. The van der Waals surface area contributed by atoms with Gasteiger partial charge in [-0.3, -0.25) is 0 Å². The molecule has 7 nitrogen and oxygen atoms in total. The van der Waals surface area contributed by atoms with Crippen LogP contribution >= 0.6 is 0 Å². The van der Waals surface area contributed by atoms with Crippen LogP contribution in [0.4, 0.5) is 0 Å². The van der Waals surface area contributed by atoms with Crippen molar-refractivity contribution < 1.29 is 13.5 Å². The number of hydrogen-bond donors (Lipinski definition) is 1. The Balaban J connectivity index is 1.64. The first-order valence-electron chi connectivity index (χ1n) is 6.89. The molecular weight excluding hydrogens is 272 g/mol. The number of rotatable bonds is 3. The third kappa shape index (κ3) is 2.06. The van der Waals surface area contributed by atoms with Gasteiger partial charge < -0.3 is 19.2 Å². The highest BCUT2D eigenvalue weighted by atomic mass is 16.5. The minimum absolute atomic E-state index is 0.309. The van der Waals surface area contributed by atoms with E-state index in [1.54, 1.807) is 24.5 Å². The van der Waals surface area contributed by atoms with Crippen molar-refractivity contribution >= 4 is 0 Å². The Labute approximate surface area is 120 Å². The van der Waals surface area contributed by atoms with Crippen LogP contribution in [0.3, 0.4) is 0 Å². The predicted molar refractivity (Wildman–Crippen MR) is 71.8 cm³/mol. The molecule has 0 radical (unpaired) electrons. The first kappa shape index (κ1) is 12.3. The fraction of sp³-hybridized carbons (Fsp3) is 0.357. The zero-order valence-corrected chi connectivity index (χ0v) is 11.3. The first-order chi connectivity index (χ1) is 10.2. The summed E-state index contributed by atoms with van der Waals surface area (Å²) < 4.78 is 15.7. The SMILES string of the molecule is NC1(c2noc(-c3cc(-c4ccco4)on3)n2)CCCC1. The molecule has 2 N–H and O–H groups in total. The molecule has 0 aliphatic heterocycles. The van der Waals surface area contributed by atoms with E-state index in [4.69, 9.17) is 19.2 Å². The van der Waals surface area contributed by atoms with E-state index in [-0.39, 0.29) is 0 Å². The zero-order valence-electron chi connectivity index (χ0n) is 11.3. The van der Waals surface area contributed by atoms with Crippen LogP contribution in [0.1, 0.15) is 31.5 Å². The van der Waals surface area contributed by atoms with Crippen molar-refractivity contribution in [3.05, 3.63) is 30.3 Å². The van der Waals surface area contributed by atoms with Crippen molar-refractivity contribution in [2.75, 3.05) is 0 Å². The topological polar surface area (TPSA) is 104 Å². The number of nitrogens with two attached hydrogens (primary N) is 1. The van der Waals surface area contributed by atoms with Crippen LogP contribution in [0.15, 0.2) is 37.9 Å². The standard InChI is InChI=1S/C14H14N4O3/c15-14(5-1-2-6-14)13-16-12(21-18-13)9-8-11(20-17-9)10-4-3-7-19-10/h3-4,7-8H,1-2,5-6,15H2. The number of nitrogens with zero attached hydrogens (tertiary/aromatic N) is 3. The minimum Gasteiger partial charge on any atom is -0.461 e. The third-order valence-corrected chi connectivity index (χ3v) is 3.86. The summed E-state index contributed by atoms with van der Waals surface area (Å²) in [5.41, 5.74) is 6.31. The van der Waals surface area contributed by atoms with Crippen molar-refractivity contribution in [2.24, 2.45) is 5.73 Å². The molecule has 108 valence electrons. The first-order valence-corrected chi connectivity index (χ1v) is 6.89. The fourth-order valence-corrected chi connectivity index (χ4v) is 2.67. The largest absolute Gasteiger partial charge is 0.461 e. The van der Waals surface area contributed by atoms with Gasteiger partial charge in [0.1, 0.15) is 0 Å². The molecule has 0 unspecified atom stereocenters. The highest BCUT2D eigenvalue weighted by molar-refractivity contribution is 5.57. The van der Waals surface area contributed by atoms with Crippen LogP contribution in [-0.2, 0) is 5.54 Å². The van der Waals surface area contributed by atoms with Crippen molar-refractivity contribution in [1.82, 2.24) is 15.3 Å². The Morgan fingerprint density at radius 3 is 2.71 bits per heavy atom. The lowest BCUT2D eigenvalue weighted by molar-refractivity contribution is 0.369. The second-order valence-electron chi connectivity index (χ2n) is 5.34. The van der Waals surface area contributed by atoms with Gasteiger partial charge in [-0.15, -0.1) is 0 Å². The predicted octanol–water partition coefficient (Wildman–Crippen LogP) is 2.71. The molecule has 1 fully saturated rings. The summed E-state index contributed by atoms with van der Waals surface area (Å²) >= 11 is 0. The van der Waals surface area contributed by atoms with E-state index in [1.165, 1.54) is 0 Å². The molecule has 0 atom stereocenters. The van der Waals surface area contributed by atoms with Crippen LogP contribution in [-0.4, -0.2) is 15.3 Å². The average molecular weight is 286 g/mol. The Morgan fingerprint density at radius 2 is 1.95 bits per heavy atom. The molecule has 1 aliphatic carbocycles. The molecular formula is C14H14N4O3. The molecule has 3 heterocycles. The molecule has 7 heteroatoms. The Hall–Kier alpha value is -2.41. The molecule has 1 saturated carbocycles. The summed E-state index contributed by atoms with van der Waals surface area (Å²) in [5, 5.41) is 7.94. The second kappa shape index (κ2) is 4.56. The number of hydrogen-bond acceptors (Lipinski definition) is 7. The van der Waals surface area contributed by atoms with Crippen LogP contribution < -0.4 is 5.73 Å². The number of aromatic nitrogens is 3. The van der Waals surface area contributed by atoms with Crippen LogP contribution in [0.2, 0.25) is 0 Å². The second-order valence-corrected chi connectivity index (χ2v) is 5.34. The van der Waals surface area contributed by atoms with E-state index in [0.717, 1.165) is 25.7 Å². The molecule has 0 aromatic carbocycles. The van der Waals surface area contributed by atoms with Gasteiger partial charge in [0.15, 0.2) is 17.3 Å². The summed E-state index contributed by atoms with van der Waals surface area (Å²) in [6.45, 7) is 0. The van der Waals surface area contributed by atoms with Gasteiger partial charge in [-0.2, -0.15) is 4.98 Å². The molecule has 3 aromatic heterocycles. The summed E-state index contributed by atoms with van der Waals surface area (Å²) in [4.78, 5) is 4.37. The summed E-state index contributed by atoms with van der Waals surface area (Å²) in [6.07, 6.45) is 5.51. The third-order valence-electron chi connectivity index (χ3n) is 3.86. The maximum absolute atomic E-state index is 6.31. The molecule has 0 spiro atoms. The summed E-state index contributed by atoms with van der Waals surface area (Å²) in [5.74, 6) is 1.96. The number of furan rings is 1. The van der Waals surface area contributed by atoms with Gasteiger partial charge in [-0.25, -0.2) is 0 Å². The van der Waals surface area contributed by atoms with Gasteiger partial charge >= 0.3 is 0 Å². The average Bonchev–Trinajstić information content (AvgIpc) is 3.25. The van der Waals surface area contributed by atoms with Gasteiger partial charge in [-0.05, 0) is 25.0 Å². The van der Waals surface area contributed by atoms with Crippen molar-refractivity contribution in [3.63, 3.8) is 0 Å². The fourth-order valence-electron chi connectivity index (χ4n) is 2.67. The van der Waals surface area contributed by atoms with Crippen LogP contribution in [0.25, 0.3) is 23.1 Å². The van der Waals surface area contributed by atoms with E-state index in [9.17, 15) is 0 Å². The molecule has 0 amide bonds. The highest BCUT2D eigenvalue weighted by Gasteiger charge is 2.36. The van der Waals surface area contributed by atoms with Crippen LogP contribution in [0, 0.1) is 0 Å². The molecule has 0 bridgehead atoms. The van der Waals surface area contributed by atoms with E-state index in [2.05, 4.69) is 15.3 Å². The van der Waals surface area contributed by atoms with E-state index >= 15 is 0 Å². The van der Waals surface area contributed by atoms with Gasteiger partial charge in [0, 0.05) is 6.07 Å². The van der Waals surface area contributed by atoms with Crippen molar-refractivity contribution in [2.45, 2.75) is 31.2 Å². The normalized spacial score (nSPS) is 17.4. The molecule has 21 heavy (non-hydrogen) atoms. The lowest BCUT2D eigenvalue weighted by Crippen LogP contribution is -2.34. The highest BCUT2D eigenvalue weighted by Crippen LogP contribution is 2.35. The van der Waals surface area contributed by atoms with Crippen molar-refractivity contribution in [3.8, 4) is 23.1 Å². The quantitative estimate of drug-likeness (QED) is 0.789. The Kier molecular flexibility index (Phi) is 2.68. The molecule has 0 saturated heterocycles. The van der Waals surface area contributed by atoms with Gasteiger partial charge in [0.05, 0.1) is 11.8 Å². The van der Waals surface area contributed by atoms with Crippen LogP contribution in [0.5, 0.6) is 0 Å². The minimum atomic E-state index is -0.477. The Bertz CT molecular complexity index is 738. The van der Waals surface area contributed by atoms with E-state index < -0.39 is 5.54 Å². The Morgan fingerprint density at radius 1 is 1.10 bits per heavy atom. The van der Waals surface area contributed by atoms with Gasteiger partial charge in [-0.1, -0.05) is 23.2 Å². The smallest absolute Gasteiger partial charge is 0.280 e. The molecule has 1 aliphatic rings. The van der Waals surface area contributed by atoms with Gasteiger partial charge in [0.25, 0.3) is 5.89 Å². The molecule has 3 aromatic rings.